The van der Waals surface area contributed by atoms with E-state index in [1.54, 1.807) is 12.1 Å². The van der Waals surface area contributed by atoms with Gasteiger partial charge in [-0.2, -0.15) is 0 Å². The van der Waals surface area contributed by atoms with Crippen molar-refractivity contribution < 1.29 is 4.79 Å². The molecule has 1 aliphatic heterocycles. The Morgan fingerprint density at radius 1 is 1.32 bits per heavy atom. The van der Waals surface area contributed by atoms with Gasteiger partial charge in [0.15, 0.2) is 0 Å². The van der Waals surface area contributed by atoms with E-state index in [1.807, 2.05) is 13.8 Å². The van der Waals surface area contributed by atoms with Crippen molar-refractivity contribution in [3.63, 3.8) is 0 Å². The lowest BCUT2D eigenvalue weighted by Crippen LogP contribution is -2.54. The van der Waals surface area contributed by atoms with Gasteiger partial charge in [-0.3, -0.25) is 4.79 Å². The summed E-state index contributed by atoms with van der Waals surface area (Å²) >= 11 is 12.2. The van der Waals surface area contributed by atoms with Gasteiger partial charge in [0.25, 0.3) is 0 Å². The van der Waals surface area contributed by atoms with Gasteiger partial charge < -0.3 is 10.6 Å². The average molecular weight is 301 g/mol. The van der Waals surface area contributed by atoms with Gasteiger partial charge in [-0.1, -0.05) is 23.2 Å². The Kier molecular flexibility index (Phi) is 4.39. The van der Waals surface area contributed by atoms with E-state index < -0.39 is 5.54 Å². The van der Waals surface area contributed by atoms with Crippen LogP contribution < -0.4 is 10.6 Å². The maximum atomic E-state index is 12.4. The first kappa shape index (κ1) is 14.6. The molecule has 1 aromatic rings. The Labute approximate surface area is 123 Å². The summed E-state index contributed by atoms with van der Waals surface area (Å²) in [5.74, 6) is -0.0611. The van der Waals surface area contributed by atoms with Crippen LogP contribution in [-0.2, 0) is 4.79 Å². The number of nitrogens with one attached hydrogen (secondary N) is 2. The highest BCUT2D eigenvalue weighted by molar-refractivity contribution is 6.36. The lowest BCUT2D eigenvalue weighted by atomic mass is 9.90. The van der Waals surface area contributed by atoms with Crippen molar-refractivity contribution in [3.8, 4) is 0 Å². The van der Waals surface area contributed by atoms with Crippen molar-refractivity contribution in [2.75, 3.05) is 11.9 Å². The van der Waals surface area contributed by atoms with E-state index in [4.69, 9.17) is 23.2 Å². The smallest absolute Gasteiger partial charge is 0.244 e. The Morgan fingerprint density at radius 2 is 2.05 bits per heavy atom. The third kappa shape index (κ3) is 3.22. The van der Waals surface area contributed by atoms with Gasteiger partial charge >= 0.3 is 0 Å². The fraction of sp³-hybridized carbons (Fsp3) is 0.500. The van der Waals surface area contributed by atoms with E-state index in [2.05, 4.69) is 10.6 Å². The van der Waals surface area contributed by atoms with E-state index >= 15 is 0 Å². The van der Waals surface area contributed by atoms with Crippen molar-refractivity contribution >= 4 is 34.8 Å². The van der Waals surface area contributed by atoms with Gasteiger partial charge in [-0.05, 0) is 57.4 Å². The normalized spacial score (nSPS) is 23.2. The first-order valence-electron chi connectivity index (χ1n) is 6.44. The van der Waals surface area contributed by atoms with E-state index in [0.717, 1.165) is 31.4 Å². The van der Waals surface area contributed by atoms with Gasteiger partial charge in [0.2, 0.25) is 5.91 Å². The summed E-state index contributed by atoms with van der Waals surface area (Å²) in [7, 11) is 0. The minimum atomic E-state index is -0.529. The van der Waals surface area contributed by atoms with Crippen molar-refractivity contribution in [1.82, 2.24) is 5.32 Å². The predicted molar refractivity (Wildman–Crippen MR) is 80.1 cm³/mol. The molecule has 1 unspecified atom stereocenters. The van der Waals surface area contributed by atoms with Crippen LogP contribution in [0.2, 0.25) is 10.0 Å². The first-order valence-corrected chi connectivity index (χ1v) is 7.20. The standard InChI is InChI=1S/C14H18Cl2N2O/c1-9-7-11(16)12(8-10(9)15)18-13(19)14(2)5-3-4-6-17-14/h7-8,17H,3-6H2,1-2H3,(H,18,19). The highest BCUT2D eigenvalue weighted by atomic mass is 35.5. The second-order valence-electron chi connectivity index (χ2n) is 5.25. The Hall–Kier alpha value is -0.770. The largest absolute Gasteiger partial charge is 0.323 e. The lowest BCUT2D eigenvalue weighted by molar-refractivity contribution is -0.122. The minimum absolute atomic E-state index is 0.0611. The van der Waals surface area contributed by atoms with Gasteiger partial charge in [-0.25, -0.2) is 0 Å². The fourth-order valence-electron chi connectivity index (χ4n) is 2.25. The van der Waals surface area contributed by atoms with Crippen molar-refractivity contribution in [1.29, 1.82) is 0 Å². The summed E-state index contributed by atoms with van der Waals surface area (Å²) in [4.78, 5) is 12.4. The number of halogens is 2. The third-order valence-corrected chi connectivity index (χ3v) is 4.34. The number of aryl methyl sites for hydroxylation is 1. The summed E-state index contributed by atoms with van der Waals surface area (Å²) in [6, 6.07) is 3.46. The fourth-order valence-corrected chi connectivity index (χ4v) is 2.68. The third-order valence-electron chi connectivity index (χ3n) is 3.62. The number of hydrogen-bond donors (Lipinski definition) is 2. The molecule has 1 heterocycles. The van der Waals surface area contributed by atoms with Crippen molar-refractivity contribution in [2.24, 2.45) is 0 Å². The monoisotopic (exact) mass is 300 g/mol. The second-order valence-corrected chi connectivity index (χ2v) is 6.07. The number of benzene rings is 1. The first-order chi connectivity index (χ1) is 8.92. The minimum Gasteiger partial charge on any atom is -0.323 e. The van der Waals surface area contributed by atoms with E-state index in [0.29, 0.717) is 15.7 Å². The van der Waals surface area contributed by atoms with Crippen LogP contribution in [0.1, 0.15) is 31.7 Å². The molecular formula is C14H18Cl2N2O. The van der Waals surface area contributed by atoms with Crippen LogP contribution in [-0.4, -0.2) is 18.0 Å². The Bertz CT molecular complexity index is 496. The van der Waals surface area contributed by atoms with Crippen LogP contribution in [0.25, 0.3) is 0 Å². The number of piperidine rings is 1. The zero-order valence-electron chi connectivity index (χ0n) is 11.1. The molecule has 0 spiro atoms. The maximum Gasteiger partial charge on any atom is 0.244 e. The second kappa shape index (κ2) is 5.70. The van der Waals surface area contributed by atoms with Crippen LogP contribution in [0.15, 0.2) is 12.1 Å². The van der Waals surface area contributed by atoms with Gasteiger partial charge in [0.1, 0.15) is 0 Å². The van der Waals surface area contributed by atoms with Crippen LogP contribution in [0.3, 0.4) is 0 Å². The molecule has 104 valence electrons. The molecule has 0 aromatic heterocycles. The molecule has 1 saturated heterocycles. The van der Waals surface area contributed by atoms with E-state index in [1.165, 1.54) is 0 Å². The summed E-state index contributed by atoms with van der Waals surface area (Å²) in [5, 5.41) is 7.25. The van der Waals surface area contributed by atoms with Gasteiger partial charge in [-0.15, -0.1) is 0 Å². The Balaban J connectivity index is 2.16. The van der Waals surface area contributed by atoms with Crippen molar-refractivity contribution in [3.05, 3.63) is 27.7 Å². The molecule has 1 aliphatic rings. The summed E-state index contributed by atoms with van der Waals surface area (Å²) in [5.41, 5.74) is 0.932. The molecule has 3 nitrogen and oxygen atoms in total. The van der Waals surface area contributed by atoms with E-state index in [9.17, 15) is 4.79 Å². The highest BCUT2D eigenvalue weighted by Crippen LogP contribution is 2.30. The number of carbonyl (C=O) groups is 1. The predicted octanol–water partition coefficient (Wildman–Crippen LogP) is 3.77. The molecule has 1 atom stereocenters. The number of hydrogen-bond acceptors (Lipinski definition) is 2. The zero-order chi connectivity index (χ0) is 14.0. The molecule has 1 aromatic carbocycles. The zero-order valence-corrected chi connectivity index (χ0v) is 12.7. The molecule has 2 N–H and O–H groups in total. The highest BCUT2D eigenvalue weighted by Gasteiger charge is 2.34. The molecule has 0 aliphatic carbocycles. The number of carbonyl (C=O) groups excluding carboxylic acids is 1. The SMILES string of the molecule is Cc1cc(Cl)c(NC(=O)C2(C)CCCCN2)cc1Cl. The van der Waals surface area contributed by atoms with Crippen LogP contribution in [0.4, 0.5) is 5.69 Å². The van der Waals surface area contributed by atoms with Crippen LogP contribution >= 0.6 is 23.2 Å². The van der Waals surface area contributed by atoms with E-state index in [-0.39, 0.29) is 5.91 Å². The summed E-state index contributed by atoms with van der Waals surface area (Å²) in [6.07, 6.45) is 3.00. The molecule has 0 saturated carbocycles. The number of anilines is 1. The van der Waals surface area contributed by atoms with Crippen molar-refractivity contribution in [2.45, 2.75) is 38.6 Å². The topological polar surface area (TPSA) is 41.1 Å². The van der Waals surface area contributed by atoms with Crippen LogP contribution in [0.5, 0.6) is 0 Å². The molecule has 5 heteroatoms. The molecule has 1 amide bonds. The molecule has 0 bridgehead atoms. The number of rotatable bonds is 2. The Morgan fingerprint density at radius 3 is 2.68 bits per heavy atom. The molecule has 19 heavy (non-hydrogen) atoms. The number of amides is 1. The summed E-state index contributed by atoms with van der Waals surface area (Å²) in [6.45, 7) is 4.67. The van der Waals surface area contributed by atoms with Gasteiger partial charge in [0.05, 0.1) is 16.2 Å². The average Bonchev–Trinajstić information content (AvgIpc) is 2.36. The summed E-state index contributed by atoms with van der Waals surface area (Å²) < 4.78 is 0. The molecular weight excluding hydrogens is 283 g/mol. The molecule has 0 radical (unpaired) electrons. The maximum absolute atomic E-state index is 12.4. The lowest BCUT2D eigenvalue weighted by Gasteiger charge is -2.33. The van der Waals surface area contributed by atoms with Crippen LogP contribution in [0, 0.1) is 6.92 Å². The molecule has 1 fully saturated rings. The molecule has 2 rings (SSSR count). The quantitative estimate of drug-likeness (QED) is 0.873. The van der Waals surface area contributed by atoms with Gasteiger partial charge in [0, 0.05) is 5.02 Å².